The van der Waals surface area contributed by atoms with E-state index in [-0.39, 0.29) is 0 Å². The van der Waals surface area contributed by atoms with E-state index in [0.29, 0.717) is 5.82 Å². The van der Waals surface area contributed by atoms with Gasteiger partial charge >= 0.3 is 0 Å². The van der Waals surface area contributed by atoms with Crippen molar-refractivity contribution in [1.29, 1.82) is 0 Å². The highest BCUT2D eigenvalue weighted by atomic mass is 14.9. The van der Waals surface area contributed by atoms with E-state index in [1.165, 1.54) is 49.4 Å². The van der Waals surface area contributed by atoms with Gasteiger partial charge in [0.25, 0.3) is 0 Å². The van der Waals surface area contributed by atoms with Gasteiger partial charge in [-0.25, -0.2) is 9.97 Å². The third-order valence-electron chi connectivity index (χ3n) is 8.71. The zero-order valence-corrected chi connectivity index (χ0v) is 25.0. The highest BCUT2D eigenvalue weighted by Crippen LogP contribution is 2.39. The number of hydrogen-bond acceptors (Lipinski definition) is 2. The van der Waals surface area contributed by atoms with Gasteiger partial charge in [0.2, 0.25) is 0 Å². The van der Waals surface area contributed by atoms with E-state index in [1.807, 2.05) is 12.1 Å². The lowest BCUT2D eigenvalue weighted by Gasteiger charge is -2.16. The van der Waals surface area contributed by atoms with Crippen LogP contribution >= 0.6 is 0 Å². The van der Waals surface area contributed by atoms with Crippen molar-refractivity contribution in [3.05, 3.63) is 169 Å². The molecule has 0 unspecified atom stereocenters. The molecule has 212 valence electrons. The van der Waals surface area contributed by atoms with Crippen LogP contribution in [-0.4, -0.2) is 9.97 Å². The minimum atomic E-state index is 0.714. The summed E-state index contributed by atoms with van der Waals surface area (Å²) < 4.78 is 0. The predicted octanol–water partition coefficient (Wildman–Crippen LogP) is 11.4. The number of benzene rings is 7. The van der Waals surface area contributed by atoms with E-state index in [4.69, 9.17) is 9.97 Å². The maximum absolute atomic E-state index is 5.10. The van der Waals surface area contributed by atoms with Gasteiger partial charge in [-0.3, -0.25) is 0 Å². The zero-order chi connectivity index (χ0) is 30.2. The summed E-state index contributed by atoms with van der Waals surface area (Å²) in [7, 11) is 0. The number of hydrogen-bond donors (Lipinski definition) is 0. The van der Waals surface area contributed by atoms with Crippen molar-refractivity contribution < 1.29 is 0 Å². The lowest BCUT2D eigenvalue weighted by Crippen LogP contribution is -1.96. The quantitative estimate of drug-likeness (QED) is 0.191. The van der Waals surface area contributed by atoms with Gasteiger partial charge in [0.05, 0.1) is 11.4 Å². The minimum Gasteiger partial charge on any atom is -0.228 e. The first-order chi connectivity index (χ1) is 22.2. The molecule has 0 radical (unpaired) electrons. The molecule has 0 saturated carbocycles. The van der Waals surface area contributed by atoms with Crippen LogP contribution in [0.3, 0.4) is 0 Å². The van der Waals surface area contributed by atoms with Gasteiger partial charge in [0.1, 0.15) is 0 Å². The van der Waals surface area contributed by atoms with Crippen molar-refractivity contribution >= 4 is 21.5 Å². The number of rotatable bonds is 5. The molecule has 0 aliphatic heterocycles. The summed E-state index contributed by atoms with van der Waals surface area (Å²) in [5, 5.41) is 5.14. The van der Waals surface area contributed by atoms with Crippen LogP contribution < -0.4 is 0 Å². The molecule has 7 aromatic carbocycles. The smallest absolute Gasteiger partial charge is 0.160 e. The Morgan fingerprint density at radius 2 is 0.733 bits per heavy atom. The topological polar surface area (TPSA) is 25.8 Å². The Balaban J connectivity index is 1.23. The van der Waals surface area contributed by atoms with E-state index >= 15 is 0 Å². The molecule has 45 heavy (non-hydrogen) atoms. The van der Waals surface area contributed by atoms with Crippen LogP contribution in [0.1, 0.15) is 5.56 Å². The Morgan fingerprint density at radius 3 is 1.36 bits per heavy atom. The van der Waals surface area contributed by atoms with Crippen molar-refractivity contribution in [3.63, 3.8) is 0 Å². The third kappa shape index (κ3) is 4.97. The molecule has 0 fully saturated rings. The van der Waals surface area contributed by atoms with Crippen LogP contribution in [-0.2, 0) is 0 Å². The Kier molecular flexibility index (Phi) is 6.73. The first-order valence-corrected chi connectivity index (χ1v) is 15.3. The summed E-state index contributed by atoms with van der Waals surface area (Å²) in [6, 6.07) is 57.7. The van der Waals surface area contributed by atoms with Crippen LogP contribution in [0.25, 0.3) is 77.7 Å². The predicted molar refractivity (Wildman–Crippen MR) is 189 cm³/mol. The fourth-order valence-corrected chi connectivity index (χ4v) is 6.42. The van der Waals surface area contributed by atoms with Crippen LogP contribution in [0.5, 0.6) is 0 Å². The Morgan fingerprint density at radius 1 is 0.333 bits per heavy atom. The van der Waals surface area contributed by atoms with Crippen LogP contribution in [0.4, 0.5) is 0 Å². The van der Waals surface area contributed by atoms with Gasteiger partial charge in [-0.2, -0.15) is 0 Å². The first-order valence-electron chi connectivity index (χ1n) is 15.3. The van der Waals surface area contributed by atoms with Gasteiger partial charge in [-0.05, 0) is 62.4 Å². The van der Waals surface area contributed by atoms with Crippen LogP contribution in [0.15, 0.2) is 164 Å². The lowest BCUT2D eigenvalue weighted by atomic mass is 9.88. The monoisotopic (exact) mass is 574 g/mol. The first kappa shape index (κ1) is 26.7. The van der Waals surface area contributed by atoms with Gasteiger partial charge < -0.3 is 0 Å². The minimum absolute atomic E-state index is 0.714. The second kappa shape index (κ2) is 11.3. The SMILES string of the molecule is Cc1c(-c2ccc(-c3cc(-c4ccccc4)nc(-c4ccc(-c5ccccc5)cc4)n3)cc2)c2ccccc2c2ccccc12. The molecule has 0 atom stereocenters. The molecule has 0 amide bonds. The van der Waals surface area contributed by atoms with Gasteiger partial charge in [0, 0.05) is 16.7 Å². The third-order valence-corrected chi connectivity index (χ3v) is 8.71. The number of aryl methyl sites for hydroxylation is 1. The lowest BCUT2D eigenvalue weighted by molar-refractivity contribution is 1.18. The molecule has 2 nitrogen and oxygen atoms in total. The van der Waals surface area contributed by atoms with E-state index in [9.17, 15) is 0 Å². The molecule has 1 aromatic heterocycles. The largest absolute Gasteiger partial charge is 0.228 e. The van der Waals surface area contributed by atoms with Crippen LogP contribution in [0.2, 0.25) is 0 Å². The van der Waals surface area contributed by atoms with Crippen molar-refractivity contribution in [2.75, 3.05) is 0 Å². The number of fused-ring (bicyclic) bond motifs is 3. The second-order valence-corrected chi connectivity index (χ2v) is 11.4. The number of nitrogens with zero attached hydrogens (tertiary/aromatic N) is 2. The molecule has 0 aliphatic carbocycles. The van der Waals surface area contributed by atoms with Crippen molar-refractivity contribution in [1.82, 2.24) is 9.97 Å². The molecular formula is C43H30N2. The molecule has 0 N–H and O–H groups in total. The van der Waals surface area contributed by atoms with E-state index in [0.717, 1.165) is 28.1 Å². The summed E-state index contributed by atoms with van der Waals surface area (Å²) in [5.41, 5.74) is 11.1. The van der Waals surface area contributed by atoms with E-state index in [1.54, 1.807) is 0 Å². The average molecular weight is 575 g/mol. The van der Waals surface area contributed by atoms with Crippen molar-refractivity contribution in [3.8, 4) is 56.2 Å². The van der Waals surface area contributed by atoms with Crippen LogP contribution in [0, 0.1) is 6.92 Å². The molecular weight excluding hydrogens is 544 g/mol. The summed E-state index contributed by atoms with van der Waals surface area (Å²) in [4.78, 5) is 10.1. The highest BCUT2D eigenvalue weighted by Gasteiger charge is 2.15. The fraction of sp³-hybridized carbons (Fsp3) is 0.0233. The molecule has 0 bridgehead atoms. The maximum Gasteiger partial charge on any atom is 0.160 e. The Hall–Kier alpha value is -5.86. The molecule has 0 saturated heterocycles. The van der Waals surface area contributed by atoms with Crippen molar-refractivity contribution in [2.45, 2.75) is 6.92 Å². The number of aromatic nitrogens is 2. The Bertz CT molecular complexity index is 2290. The standard InChI is InChI=1S/C43H30N2/c1-29-36-16-8-9-17-37(36)38-18-10-11-19-39(38)42(29)34-24-22-33(23-25-34)41-28-40(32-14-6-3-7-15-32)44-43(45-41)35-26-20-31(21-27-35)30-12-4-2-5-13-30/h2-28H,1H3. The summed E-state index contributed by atoms with van der Waals surface area (Å²) in [6.07, 6.45) is 0. The van der Waals surface area contributed by atoms with Gasteiger partial charge in [0.15, 0.2) is 5.82 Å². The maximum atomic E-state index is 5.10. The second-order valence-electron chi connectivity index (χ2n) is 11.4. The van der Waals surface area contributed by atoms with Gasteiger partial charge in [-0.1, -0.05) is 158 Å². The highest BCUT2D eigenvalue weighted by molar-refractivity contribution is 6.15. The molecule has 8 rings (SSSR count). The summed E-state index contributed by atoms with van der Waals surface area (Å²) in [5.74, 6) is 0.714. The average Bonchev–Trinajstić information content (AvgIpc) is 3.13. The normalized spacial score (nSPS) is 11.2. The van der Waals surface area contributed by atoms with E-state index in [2.05, 4.69) is 159 Å². The molecule has 0 aliphatic rings. The zero-order valence-electron chi connectivity index (χ0n) is 25.0. The molecule has 8 aromatic rings. The van der Waals surface area contributed by atoms with E-state index < -0.39 is 0 Å². The fourth-order valence-electron chi connectivity index (χ4n) is 6.42. The van der Waals surface area contributed by atoms with Crippen molar-refractivity contribution in [2.24, 2.45) is 0 Å². The molecule has 0 spiro atoms. The molecule has 2 heteroatoms. The van der Waals surface area contributed by atoms with Gasteiger partial charge in [-0.15, -0.1) is 0 Å². The summed E-state index contributed by atoms with van der Waals surface area (Å²) in [6.45, 7) is 2.24. The molecule has 1 heterocycles. The summed E-state index contributed by atoms with van der Waals surface area (Å²) >= 11 is 0. The Labute approximate surface area is 263 Å².